The van der Waals surface area contributed by atoms with Gasteiger partial charge in [0.15, 0.2) is 6.61 Å². The molecular weight excluding hydrogens is 377 g/mol. The van der Waals surface area contributed by atoms with Gasteiger partial charge in [0.1, 0.15) is 5.75 Å². The molecule has 2 aromatic rings. The highest BCUT2D eigenvalue weighted by atomic mass is 35.5. The number of esters is 1. The number of rotatable bonds is 6. The van der Waals surface area contributed by atoms with Crippen LogP contribution >= 0.6 is 23.2 Å². The van der Waals surface area contributed by atoms with Gasteiger partial charge in [0.05, 0.1) is 27.7 Å². The Morgan fingerprint density at radius 3 is 2.33 bits per heavy atom. The second-order valence-electron chi connectivity index (χ2n) is 4.57. The van der Waals surface area contributed by atoms with Gasteiger partial charge in [-0.3, -0.25) is 4.72 Å². The summed E-state index contributed by atoms with van der Waals surface area (Å²) >= 11 is 11.7. The van der Waals surface area contributed by atoms with E-state index >= 15 is 0 Å². The maximum atomic E-state index is 12.3. The summed E-state index contributed by atoms with van der Waals surface area (Å²) in [6.07, 6.45) is 0. The fourth-order valence-corrected chi connectivity index (χ4v) is 3.04. The van der Waals surface area contributed by atoms with Crippen molar-refractivity contribution >= 4 is 44.9 Å². The Kier molecular flexibility index (Phi) is 5.93. The Morgan fingerprint density at radius 2 is 1.75 bits per heavy atom. The normalized spacial score (nSPS) is 11.0. The van der Waals surface area contributed by atoms with Crippen LogP contribution in [0, 0.1) is 0 Å². The van der Waals surface area contributed by atoms with E-state index in [1.807, 2.05) is 0 Å². The number of anilines is 1. The molecule has 2 rings (SSSR count). The topological polar surface area (TPSA) is 81.7 Å². The fourth-order valence-electron chi connectivity index (χ4n) is 1.69. The molecule has 2 aromatic carbocycles. The highest BCUT2D eigenvalue weighted by Gasteiger charge is 2.15. The summed E-state index contributed by atoms with van der Waals surface area (Å²) in [4.78, 5) is 11.0. The van der Waals surface area contributed by atoms with E-state index in [2.05, 4.69) is 9.46 Å². The first-order chi connectivity index (χ1) is 11.3. The van der Waals surface area contributed by atoms with Gasteiger partial charge in [-0.15, -0.1) is 0 Å². The van der Waals surface area contributed by atoms with Gasteiger partial charge in [0.25, 0.3) is 10.0 Å². The summed E-state index contributed by atoms with van der Waals surface area (Å²) in [7, 11) is -2.55. The highest BCUT2D eigenvalue weighted by molar-refractivity contribution is 7.92. The Bertz CT molecular complexity index is 837. The van der Waals surface area contributed by atoms with E-state index < -0.39 is 16.0 Å². The fraction of sp³-hybridized carbons (Fsp3) is 0.133. The maximum absolute atomic E-state index is 12.3. The van der Waals surface area contributed by atoms with Crippen LogP contribution in [0.5, 0.6) is 5.75 Å². The Balaban J connectivity index is 2.11. The quantitative estimate of drug-likeness (QED) is 0.766. The molecule has 6 nitrogen and oxygen atoms in total. The van der Waals surface area contributed by atoms with E-state index in [1.165, 1.54) is 49.6 Å². The largest absolute Gasteiger partial charge is 0.482 e. The first-order valence-electron chi connectivity index (χ1n) is 6.59. The molecule has 0 unspecified atom stereocenters. The number of sulfonamides is 1. The third-order valence-corrected chi connectivity index (χ3v) is 5.03. The summed E-state index contributed by atoms with van der Waals surface area (Å²) < 4.78 is 36.6. The summed E-state index contributed by atoms with van der Waals surface area (Å²) in [6, 6.07) is 9.98. The summed E-state index contributed by atoms with van der Waals surface area (Å²) in [6.45, 7) is -0.260. The van der Waals surface area contributed by atoms with Gasteiger partial charge >= 0.3 is 5.97 Å². The number of hydrogen-bond donors (Lipinski definition) is 1. The minimum absolute atomic E-state index is 0.0268. The summed E-state index contributed by atoms with van der Waals surface area (Å²) in [5.74, 6) is -0.193. The second kappa shape index (κ2) is 7.74. The Morgan fingerprint density at radius 1 is 1.08 bits per heavy atom. The van der Waals surface area contributed by atoms with Crippen molar-refractivity contribution in [3.63, 3.8) is 0 Å². The predicted octanol–water partition coefficient (Wildman–Crippen LogP) is 3.35. The molecular formula is C15H13Cl2NO5S. The monoisotopic (exact) mass is 389 g/mol. The SMILES string of the molecule is COC(=O)COc1ccc(S(=O)(=O)Nc2ccc(Cl)c(Cl)c2)cc1. The van der Waals surface area contributed by atoms with Crippen molar-refractivity contribution in [3.05, 3.63) is 52.5 Å². The van der Waals surface area contributed by atoms with Crippen molar-refractivity contribution in [3.8, 4) is 5.75 Å². The number of hydrogen-bond acceptors (Lipinski definition) is 5. The van der Waals surface area contributed by atoms with Crippen molar-refractivity contribution in [1.82, 2.24) is 0 Å². The maximum Gasteiger partial charge on any atom is 0.343 e. The number of carbonyl (C=O) groups is 1. The van der Waals surface area contributed by atoms with Crippen LogP contribution in [0.15, 0.2) is 47.4 Å². The zero-order valence-corrected chi connectivity index (χ0v) is 14.8. The van der Waals surface area contributed by atoms with E-state index in [0.717, 1.165) is 0 Å². The lowest BCUT2D eigenvalue weighted by Crippen LogP contribution is -2.14. The summed E-state index contributed by atoms with van der Waals surface area (Å²) in [5, 5.41) is 0.565. The van der Waals surface area contributed by atoms with Crippen molar-refractivity contribution in [2.45, 2.75) is 4.90 Å². The molecule has 0 saturated heterocycles. The van der Waals surface area contributed by atoms with Gasteiger partial charge < -0.3 is 9.47 Å². The van der Waals surface area contributed by atoms with Gasteiger partial charge in [-0.05, 0) is 42.5 Å². The Labute approximate surface area is 149 Å². The molecule has 0 atom stereocenters. The molecule has 0 aliphatic heterocycles. The smallest absolute Gasteiger partial charge is 0.343 e. The molecule has 24 heavy (non-hydrogen) atoms. The number of ether oxygens (including phenoxy) is 2. The standard InChI is InChI=1S/C15H13Cl2NO5S/c1-22-15(19)9-23-11-3-5-12(6-4-11)24(20,21)18-10-2-7-13(16)14(17)8-10/h2-8,18H,9H2,1H3. The van der Waals surface area contributed by atoms with Crippen molar-refractivity contribution < 1.29 is 22.7 Å². The summed E-state index contributed by atoms with van der Waals surface area (Å²) in [5.41, 5.74) is 0.287. The second-order valence-corrected chi connectivity index (χ2v) is 7.07. The van der Waals surface area contributed by atoms with Crippen LogP contribution in [0.3, 0.4) is 0 Å². The van der Waals surface area contributed by atoms with Crippen LogP contribution in [0.4, 0.5) is 5.69 Å². The van der Waals surface area contributed by atoms with Crippen molar-refractivity contribution in [2.24, 2.45) is 0 Å². The first-order valence-corrected chi connectivity index (χ1v) is 8.83. The van der Waals surface area contributed by atoms with E-state index in [-0.39, 0.29) is 22.2 Å². The van der Waals surface area contributed by atoms with E-state index in [1.54, 1.807) is 0 Å². The van der Waals surface area contributed by atoms with E-state index in [4.69, 9.17) is 27.9 Å². The average Bonchev–Trinajstić information content (AvgIpc) is 2.56. The molecule has 0 spiro atoms. The molecule has 0 fully saturated rings. The average molecular weight is 390 g/mol. The lowest BCUT2D eigenvalue weighted by atomic mass is 10.3. The van der Waals surface area contributed by atoms with Gasteiger partial charge in [-0.25, -0.2) is 13.2 Å². The Hall–Kier alpha value is -1.96. The van der Waals surface area contributed by atoms with Crippen molar-refractivity contribution in [2.75, 3.05) is 18.4 Å². The van der Waals surface area contributed by atoms with Crippen molar-refractivity contribution in [1.29, 1.82) is 0 Å². The molecule has 0 aromatic heterocycles. The number of benzene rings is 2. The zero-order chi connectivity index (χ0) is 17.7. The lowest BCUT2D eigenvalue weighted by Gasteiger charge is -2.10. The zero-order valence-electron chi connectivity index (χ0n) is 12.5. The highest BCUT2D eigenvalue weighted by Crippen LogP contribution is 2.26. The lowest BCUT2D eigenvalue weighted by molar-refractivity contribution is -0.142. The minimum atomic E-state index is -3.79. The molecule has 1 N–H and O–H groups in total. The molecule has 0 amide bonds. The predicted molar refractivity (Wildman–Crippen MR) is 91.2 cm³/mol. The van der Waals surface area contributed by atoms with Crippen LogP contribution in [0.2, 0.25) is 10.0 Å². The van der Waals surface area contributed by atoms with Crippen LogP contribution in [-0.2, 0) is 19.6 Å². The third-order valence-electron chi connectivity index (χ3n) is 2.89. The third kappa shape index (κ3) is 4.77. The number of halogens is 2. The van der Waals surface area contributed by atoms with Gasteiger partial charge in [0.2, 0.25) is 0 Å². The molecule has 0 radical (unpaired) electrons. The number of carbonyl (C=O) groups excluding carboxylic acids is 1. The van der Waals surface area contributed by atoms with Gasteiger partial charge in [-0.1, -0.05) is 23.2 Å². The van der Waals surface area contributed by atoms with Crippen LogP contribution in [0.1, 0.15) is 0 Å². The molecule has 0 saturated carbocycles. The molecule has 0 aliphatic carbocycles. The van der Waals surface area contributed by atoms with E-state index in [9.17, 15) is 13.2 Å². The molecule has 9 heteroatoms. The van der Waals surface area contributed by atoms with Crippen LogP contribution in [0.25, 0.3) is 0 Å². The molecule has 0 heterocycles. The first kappa shape index (κ1) is 18.4. The molecule has 128 valence electrons. The number of methoxy groups -OCH3 is 1. The number of nitrogens with one attached hydrogen (secondary N) is 1. The molecule has 0 aliphatic rings. The van der Waals surface area contributed by atoms with Gasteiger partial charge in [0, 0.05) is 0 Å². The molecule has 0 bridgehead atoms. The van der Waals surface area contributed by atoms with Gasteiger partial charge in [-0.2, -0.15) is 0 Å². The van der Waals surface area contributed by atoms with Crippen LogP contribution in [-0.4, -0.2) is 28.1 Å². The van der Waals surface area contributed by atoms with E-state index in [0.29, 0.717) is 10.8 Å². The minimum Gasteiger partial charge on any atom is -0.482 e. The van der Waals surface area contributed by atoms with Crippen LogP contribution < -0.4 is 9.46 Å².